The molecule has 0 spiro atoms. The molecule has 0 radical (unpaired) electrons. The van der Waals surface area contributed by atoms with E-state index >= 15 is 0 Å². The highest BCUT2D eigenvalue weighted by atomic mass is 16.2. The maximum Gasteiger partial charge on any atom is 0.246 e. The van der Waals surface area contributed by atoms with Crippen LogP contribution in [-0.2, 0) is 19.2 Å². The van der Waals surface area contributed by atoms with Crippen LogP contribution < -0.4 is 5.32 Å². The number of benzene rings is 1. The van der Waals surface area contributed by atoms with Crippen LogP contribution in [0.25, 0.3) is 6.08 Å². The van der Waals surface area contributed by atoms with Crippen molar-refractivity contribution in [3.8, 4) is 0 Å². The minimum Gasteiger partial charge on any atom is -0.338 e. The first-order valence-corrected chi connectivity index (χ1v) is 11.9. The van der Waals surface area contributed by atoms with E-state index in [2.05, 4.69) is 5.32 Å². The number of fused-ring (bicyclic) bond motifs is 1. The Morgan fingerprint density at radius 3 is 2.30 bits per heavy atom. The summed E-state index contributed by atoms with van der Waals surface area (Å²) in [6, 6.07) is 8.10. The number of carbonyl (C=O) groups excluding carboxylic acids is 4. The zero-order valence-electron chi connectivity index (χ0n) is 18.9. The van der Waals surface area contributed by atoms with Crippen molar-refractivity contribution < 1.29 is 19.2 Å². The molecule has 8 heteroatoms. The highest BCUT2D eigenvalue weighted by Gasteiger charge is 2.65. The second-order valence-corrected chi connectivity index (χ2v) is 9.27. The van der Waals surface area contributed by atoms with E-state index in [4.69, 9.17) is 0 Å². The van der Waals surface area contributed by atoms with Gasteiger partial charge < -0.3 is 15.1 Å². The van der Waals surface area contributed by atoms with E-state index in [1.54, 1.807) is 16.7 Å². The molecule has 1 aromatic carbocycles. The second-order valence-electron chi connectivity index (χ2n) is 9.27. The fraction of sp³-hybridized carbons (Fsp3) is 0.520. The number of amides is 4. The largest absolute Gasteiger partial charge is 0.338 e. The van der Waals surface area contributed by atoms with Gasteiger partial charge in [0.2, 0.25) is 23.6 Å². The summed E-state index contributed by atoms with van der Waals surface area (Å²) in [5, 5.41) is 3.23. The number of imide groups is 1. The highest BCUT2D eigenvalue weighted by molar-refractivity contribution is 6.10. The lowest BCUT2D eigenvalue weighted by Crippen LogP contribution is -2.57. The Hall–Kier alpha value is -3.00. The normalized spacial score (nSPS) is 29.8. The topological polar surface area (TPSA) is 90.0 Å². The van der Waals surface area contributed by atoms with Crippen molar-refractivity contribution in [2.45, 2.75) is 31.8 Å². The van der Waals surface area contributed by atoms with Gasteiger partial charge in [-0.1, -0.05) is 42.5 Å². The van der Waals surface area contributed by atoms with Crippen LogP contribution in [-0.4, -0.2) is 83.1 Å². The highest BCUT2D eigenvalue weighted by Crippen LogP contribution is 2.46. The molecule has 3 heterocycles. The fourth-order valence-corrected chi connectivity index (χ4v) is 5.47. The fourth-order valence-electron chi connectivity index (χ4n) is 5.47. The molecule has 1 N–H and O–H groups in total. The van der Waals surface area contributed by atoms with Gasteiger partial charge in [-0.05, 0) is 25.3 Å². The van der Waals surface area contributed by atoms with Gasteiger partial charge in [0, 0.05) is 38.6 Å². The average Bonchev–Trinajstić information content (AvgIpc) is 3.60. The van der Waals surface area contributed by atoms with Crippen LogP contribution in [0.15, 0.2) is 36.4 Å². The summed E-state index contributed by atoms with van der Waals surface area (Å²) in [4.78, 5) is 58.6. The third-order valence-corrected chi connectivity index (χ3v) is 7.28. The lowest BCUT2D eigenvalue weighted by Gasteiger charge is -2.36. The van der Waals surface area contributed by atoms with Crippen LogP contribution in [0.1, 0.15) is 25.3 Å². The molecule has 33 heavy (non-hydrogen) atoms. The Morgan fingerprint density at radius 2 is 1.67 bits per heavy atom. The van der Waals surface area contributed by atoms with Crippen molar-refractivity contribution in [3.63, 3.8) is 0 Å². The number of hydrogen-bond acceptors (Lipinski definition) is 5. The molecule has 4 amide bonds. The number of hydrogen-bond donors (Lipinski definition) is 1. The van der Waals surface area contributed by atoms with Gasteiger partial charge in [0.15, 0.2) is 0 Å². The zero-order chi connectivity index (χ0) is 23.1. The molecule has 1 aliphatic carbocycles. The smallest absolute Gasteiger partial charge is 0.246 e. The van der Waals surface area contributed by atoms with Gasteiger partial charge >= 0.3 is 0 Å². The summed E-state index contributed by atoms with van der Waals surface area (Å²) >= 11 is 0. The summed E-state index contributed by atoms with van der Waals surface area (Å²) in [7, 11) is 0. The third-order valence-electron chi connectivity index (χ3n) is 7.28. The van der Waals surface area contributed by atoms with E-state index in [1.807, 2.05) is 42.5 Å². The van der Waals surface area contributed by atoms with Gasteiger partial charge in [0.25, 0.3) is 0 Å². The van der Waals surface area contributed by atoms with E-state index in [-0.39, 0.29) is 36.1 Å². The lowest BCUT2D eigenvalue weighted by molar-refractivity contribution is -0.151. The molecule has 174 valence electrons. The maximum absolute atomic E-state index is 13.8. The van der Waals surface area contributed by atoms with Crippen molar-refractivity contribution in [1.29, 1.82) is 0 Å². The molecular formula is C25H30N4O4. The number of nitrogens with one attached hydrogen (secondary N) is 1. The molecule has 1 saturated carbocycles. The van der Waals surface area contributed by atoms with E-state index in [1.165, 1.54) is 4.90 Å². The zero-order valence-corrected chi connectivity index (χ0v) is 18.9. The Balaban J connectivity index is 1.57. The summed E-state index contributed by atoms with van der Waals surface area (Å²) in [5.41, 5.74) is 0.939. The quantitative estimate of drug-likeness (QED) is 0.669. The van der Waals surface area contributed by atoms with Crippen molar-refractivity contribution in [2.75, 3.05) is 32.7 Å². The lowest BCUT2D eigenvalue weighted by atomic mass is 9.88. The third kappa shape index (κ3) is 3.76. The number of rotatable bonds is 5. The number of nitrogens with zero attached hydrogens (tertiary/aromatic N) is 3. The minimum absolute atomic E-state index is 0.107. The molecule has 0 bridgehead atoms. The van der Waals surface area contributed by atoms with Crippen LogP contribution in [0.3, 0.4) is 0 Å². The van der Waals surface area contributed by atoms with Gasteiger partial charge in [0.05, 0.1) is 17.9 Å². The molecule has 1 aromatic rings. The number of carbonyl (C=O) groups is 4. The SMILES string of the molecule is CCN1C(=O)C2C(C1=O)C(C(=O)N1CCNCC1)N(C(=O)C1CC1)C2C=Cc1ccccc1. The minimum atomic E-state index is -0.931. The molecule has 4 aliphatic rings. The summed E-state index contributed by atoms with van der Waals surface area (Å²) < 4.78 is 0. The van der Waals surface area contributed by atoms with E-state index < -0.39 is 23.9 Å². The van der Waals surface area contributed by atoms with Gasteiger partial charge in [-0.15, -0.1) is 0 Å². The Labute approximate surface area is 193 Å². The Bertz CT molecular complexity index is 983. The average molecular weight is 451 g/mol. The molecular weight excluding hydrogens is 420 g/mol. The van der Waals surface area contributed by atoms with Crippen LogP contribution in [0.5, 0.6) is 0 Å². The first-order chi connectivity index (χ1) is 16.0. The van der Waals surface area contributed by atoms with Crippen LogP contribution in [0.4, 0.5) is 0 Å². The van der Waals surface area contributed by atoms with Gasteiger partial charge in [-0.25, -0.2) is 0 Å². The molecule has 8 nitrogen and oxygen atoms in total. The molecule has 4 unspecified atom stereocenters. The van der Waals surface area contributed by atoms with Crippen molar-refractivity contribution in [1.82, 2.24) is 20.0 Å². The van der Waals surface area contributed by atoms with Crippen molar-refractivity contribution >= 4 is 29.7 Å². The maximum atomic E-state index is 13.8. The van der Waals surface area contributed by atoms with Crippen molar-refractivity contribution in [3.05, 3.63) is 42.0 Å². The molecule has 0 aromatic heterocycles. The first-order valence-electron chi connectivity index (χ1n) is 11.9. The van der Waals surface area contributed by atoms with Crippen molar-refractivity contribution in [2.24, 2.45) is 17.8 Å². The van der Waals surface area contributed by atoms with Crippen LogP contribution in [0.2, 0.25) is 0 Å². The molecule has 3 aliphatic heterocycles. The van der Waals surface area contributed by atoms with E-state index in [0.717, 1.165) is 18.4 Å². The molecule has 5 rings (SSSR count). The number of likely N-dealkylation sites (tertiary alicyclic amines) is 2. The predicted octanol–water partition coefficient (Wildman–Crippen LogP) is 0.742. The molecule has 3 saturated heterocycles. The van der Waals surface area contributed by atoms with Crippen LogP contribution >= 0.6 is 0 Å². The first kappa shape index (κ1) is 21.8. The van der Waals surface area contributed by atoms with Gasteiger partial charge in [0.1, 0.15) is 6.04 Å². The Morgan fingerprint density at radius 1 is 1.00 bits per heavy atom. The predicted molar refractivity (Wildman–Crippen MR) is 121 cm³/mol. The van der Waals surface area contributed by atoms with E-state index in [0.29, 0.717) is 26.2 Å². The second kappa shape index (κ2) is 8.74. The summed E-state index contributed by atoms with van der Waals surface area (Å²) in [6.45, 7) is 4.45. The summed E-state index contributed by atoms with van der Waals surface area (Å²) in [5.74, 6) is -2.60. The molecule has 4 fully saturated rings. The molecule has 4 atom stereocenters. The van der Waals surface area contributed by atoms with Gasteiger partial charge in [-0.2, -0.15) is 0 Å². The Kier molecular flexibility index (Phi) is 5.78. The van der Waals surface area contributed by atoms with Crippen LogP contribution in [0, 0.1) is 17.8 Å². The van der Waals surface area contributed by atoms with E-state index in [9.17, 15) is 19.2 Å². The number of piperazine rings is 1. The summed E-state index contributed by atoms with van der Waals surface area (Å²) in [6.07, 6.45) is 5.32. The van der Waals surface area contributed by atoms with Gasteiger partial charge in [-0.3, -0.25) is 24.1 Å². The standard InChI is InChI=1S/C25H30N4O4/c1-2-28-23(31)19-18(11-8-16-6-4-3-5-7-16)29(22(30)17-9-10-17)21(20(19)24(28)32)25(33)27-14-12-26-13-15-27/h3-8,11,17-21,26H,2,9-10,12-15H2,1H3. The monoisotopic (exact) mass is 450 g/mol.